The monoisotopic (exact) mass is 260 g/mol. The van der Waals surface area contributed by atoms with Gasteiger partial charge < -0.3 is 28.2 Å². The minimum Gasteiger partial charge on any atom is -0.412 e. The average molecular weight is 260 g/mol. The van der Waals surface area contributed by atoms with Crippen LogP contribution in [0.1, 0.15) is 0 Å². The molecule has 0 aliphatic rings. The highest BCUT2D eigenvalue weighted by Crippen LogP contribution is 1.97. The largest absolute Gasteiger partial charge is 0.412 e. The van der Waals surface area contributed by atoms with Crippen molar-refractivity contribution in [2.45, 2.75) is 0 Å². The van der Waals surface area contributed by atoms with Gasteiger partial charge in [-0.25, -0.2) is 0 Å². The van der Waals surface area contributed by atoms with Gasteiger partial charge in [-0.05, 0) is 0 Å². The maximum atomic E-state index is 8.74. The third kappa shape index (κ3) is 14.7. The molecule has 16 heavy (non-hydrogen) atoms. The molecule has 1 aromatic heterocycles. The number of anilines is 3. The van der Waals surface area contributed by atoms with Crippen LogP contribution in [0.5, 0.6) is 0 Å². The number of nitrogens with zero attached hydrogens (tertiary/aromatic N) is 3. The summed E-state index contributed by atoms with van der Waals surface area (Å²) >= 11 is 0. The molecular formula is C3H12N6O6S. The number of rotatable bonds is 0. The predicted octanol–water partition coefficient (Wildman–Crippen LogP) is -3.68. The Balaban J connectivity index is -0.000000214. The third-order valence-corrected chi connectivity index (χ3v) is 0.687. The van der Waals surface area contributed by atoms with Crippen molar-refractivity contribution >= 4 is 28.2 Å². The summed E-state index contributed by atoms with van der Waals surface area (Å²) < 4.78 is 31.6. The van der Waals surface area contributed by atoms with Crippen LogP contribution in [0.2, 0.25) is 0 Å². The highest BCUT2D eigenvalue weighted by atomic mass is 32.3. The van der Waals surface area contributed by atoms with Gasteiger partial charge in [0.25, 0.3) is 0 Å². The Morgan fingerprint density at radius 2 is 0.938 bits per heavy atom. The fourth-order valence-electron chi connectivity index (χ4n) is 0.427. The molecule has 12 N–H and O–H groups in total. The highest BCUT2D eigenvalue weighted by Gasteiger charge is 1.93. The summed E-state index contributed by atoms with van der Waals surface area (Å²) in [4.78, 5) is 10.5. The van der Waals surface area contributed by atoms with Crippen LogP contribution in [0.15, 0.2) is 0 Å². The Morgan fingerprint density at radius 1 is 0.812 bits per heavy atom. The maximum Gasteiger partial charge on any atom is 0.394 e. The van der Waals surface area contributed by atoms with E-state index >= 15 is 0 Å². The standard InChI is InChI=1S/C3H6N6.H2O4S.2H2O/c4-1-7-2(5)9-3(6)8-1;1-5(2,3)4;;/h(H6,4,5,6,7,8,9);(H2,1,2,3,4);2*1H2. The average Bonchev–Trinajstić information content (AvgIpc) is 1.77. The van der Waals surface area contributed by atoms with E-state index < -0.39 is 10.4 Å². The van der Waals surface area contributed by atoms with Crippen molar-refractivity contribution in [3.05, 3.63) is 0 Å². The molecule has 0 saturated carbocycles. The van der Waals surface area contributed by atoms with E-state index in [4.69, 9.17) is 34.7 Å². The number of hydrogen-bond donors (Lipinski definition) is 5. The van der Waals surface area contributed by atoms with E-state index in [0.717, 1.165) is 0 Å². The van der Waals surface area contributed by atoms with E-state index in [1.54, 1.807) is 0 Å². The van der Waals surface area contributed by atoms with E-state index in [1.807, 2.05) is 0 Å². The van der Waals surface area contributed by atoms with Gasteiger partial charge in [0.05, 0.1) is 0 Å². The molecule has 1 heterocycles. The summed E-state index contributed by atoms with van der Waals surface area (Å²) in [5, 5.41) is 0. The Hall–Kier alpha value is -1.80. The molecule has 96 valence electrons. The minimum absolute atomic E-state index is 0. The molecule has 0 fully saturated rings. The molecule has 0 aliphatic carbocycles. The molecule has 1 aromatic rings. The van der Waals surface area contributed by atoms with E-state index in [-0.39, 0.29) is 28.8 Å². The molecule has 0 unspecified atom stereocenters. The minimum atomic E-state index is -4.67. The predicted molar refractivity (Wildman–Crippen MR) is 54.5 cm³/mol. The van der Waals surface area contributed by atoms with E-state index in [0.29, 0.717) is 0 Å². The van der Waals surface area contributed by atoms with Crippen molar-refractivity contribution in [2.24, 2.45) is 0 Å². The van der Waals surface area contributed by atoms with Crippen molar-refractivity contribution in [1.29, 1.82) is 0 Å². The van der Waals surface area contributed by atoms with Crippen molar-refractivity contribution in [1.82, 2.24) is 15.0 Å². The lowest BCUT2D eigenvalue weighted by Gasteiger charge is -1.93. The van der Waals surface area contributed by atoms with E-state index in [2.05, 4.69) is 15.0 Å². The van der Waals surface area contributed by atoms with E-state index in [9.17, 15) is 0 Å². The van der Waals surface area contributed by atoms with Crippen LogP contribution >= 0.6 is 0 Å². The first-order valence-corrected chi connectivity index (χ1v) is 4.30. The third-order valence-electron chi connectivity index (χ3n) is 0.687. The molecule has 0 bridgehead atoms. The van der Waals surface area contributed by atoms with Crippen molar-refractivity contribution in [3.63, 3.8) is 0 Å². The number of aromatic nitrogens is 3. The topological polar surface area (TPSA) is 254 Å². The molecule has 12 nitrogen and oxygen atoms in total. The Labute approximate surface area is 89.7 Å². The smallest absolute Gasteiger partial charge is 0.394 e. The number of nitrogen functional groups attached to an aromatic ring is 3. The first-order valence-electron chi connectivity index (χ1n) is 2.91. The maximum absolute atomic E-state index is 8.74. The Morgan fingerprint density at radius 3 is 1.06 bits per heavy atom. The highest BCUT2D eigenvalue weighted by molar-refractivity contribution is 7.79. The molecule has 0 saturated heterocycles. The zero-order valence-electron chi connectivity index (χ0n) is 7.69. The van der Waals surface area contributed by atoms with Gasteiger partial charge in [0.1, 0.15) is 0 Å². The summed E-state index contributed by atoms with van der Waals surface area (Å²) in [6.07, 6.45) is 0. The van der Waals surface area contributed by atoms with Crippen molar-refractivity contribution in [2.75, 3.05) is 17.2 Å². The lowest BCUT2D eigenvalue weighted by Crippen LogP contribution is -2.05. The summed E-state index contributed by atoms with van der Waals surface area (Å²) in [7, 11) is -4.67. The van der Waals surface area contributed by atoms with Crippen molar-refractivity contribution < 1.29 is 28.5 Å². The lowest BCUT2D eigenvalue weighted by atomic mass is 10.9. The first kappa shape index (κ1) is 19.7. The summed E-state index contributed by atoms with van der Waals surface area (Å²) in [6.45, 7) is 0. The number of nitrogens with two attached hydrogens (primary N) is 3. The molecule has 0 aromatic carbocycles. The van der Waals surface area contributed by atoms with Crippen LogP contribution in [-0.2, 0) is 10.4 Å². The van der Waals surface area contributed by atoms with Gasteiger partial charge in [-0.2, -0.15) is 23.4 Å². The van der Waals surface area contributed by atoms with Crippen LogP contribution in [0.4, 0.5) is 17.8 Å². The molecule has 0 atom stereocenters. The van der Waals surface area contributed by atoms with Crippen LogP contribution in [0, 0.1) is 0 Å². The Kier molecular flexibility index (Phi) is 9.23. The molecule has 0 amide bonds. The normalized spacial score (nSPS) is 8.88. The van der Waals surface area contributed by atoms with Crippen LogP contribution in [0.3, 0.4) is 0 Å². The van der Waals surface area contributed by atoms with Crippen LogP contribution in [0.25, 0.3) is 0 Å². The van der Waals surface area contributed by atoms with E-state index in [1.165, 1.54) is 0 Å². The second-order valence-electron chi connectivity index (χ2n) is 1.86. The van der Waals surface area contributed by atoms with Crippen molar-refractivity contribution in [3.8, 4) is 0 Å². The zero-order valence-corrected chi connectivity index (χ0v) is 8.51. The molecule has 0 spiro atoms. The molecule has 13 heteroatoms. The fraction of sp³-hybridized carbons (Fsp3) is 0. The lowest BCUT2D eigenvalue weighted by molar-refractivity contribution is 0.381. The van der Waals surface area contributed by atoms with Gasteiger partial charge in [-0.3, -0.25) is 9.11 Å². The van der Waals surface area contributed by atoms with Crippen LogP contribution < -0.4 is 17.2 Å². The van der Waals surface area contributed by atoms with Gasteiger partial charge in [0.2, 0.25) is 17.8 Å². The summed E-state index contributed by atoms with van der Waals surface area (Å²) in [6, 6.07) is 0. The fourth-order valence-corrected chi connectivity index (χ4v) is 0.427. The molecular weight excluding hydrogens is 248 g/mol. The molecule has 1 rings (SSSR count). The second kappa shape index (κ2) is 7.49. The molecule has 0 aliphatic heterocycles. The molecule has 0 radical (unpaired) electrons. The SMILES string of the molecule is Nc1nc(N)nc(N)n1.O.O.O=S(=O)(O)O. The zero-order chi connectivity index (χ0) is 11.4. The van der Waals surface area contributed by atoms with Gasteiger partial charge in [0.15, 0.2) is 0 Å². The number of hydrogen-bond acceptors (Lipinski definition) is 8. The summed E-state index contributed by atoms with van der Waals surface area (Å²) in [5.74, 6) is 0.125. The summed E-state index contributed by atoms with van der Waals surface area (Å²) in [5.41, 5.74) is 15.4. The van der Waals surface area contributed by atoms with Gasteiger partial charge >= 0.3 is 10.4 Å². The van der Waals surface area contributed by atoms with Gasteiger partial charge in [0, 0.05) is 0 Å². The van der Waals surface area contributed by atoms with Gasteiger partial charge in [-0.15, -0.1) is 0 Å². The Bertz CT molecular complexity index is 348. The van der Waals surface area contributed by atoms with Crippen LogP contribution in [-0.4, -0.2) is 43.4 Å². The second-order valence-corrected chi connectivity index (χ2v) is 2.75. The quantitative estimate of drug-likeness (QED) is 0.285. The van der Waals surface area contributed by atoms with Gasteiger partial charge in [-0.1, -0.05) is 0 Å². The first-order chi connectivity index (χ1) is 6.18.